The molecule has 2 heterocycles. The molecule has 2 amide bonds. The third-order valence-corrected chi connectivity index (χ3v) is 4.52. The number of rotatable bonds is 4. The van der Waals surface area contributed by atoms with Crippen molar-refractivity contribution in [1.82, 2.24) is 9.78 Å². The first kappa shape index (κ1) is 16.1. The summed E-state index contributed by atoms with van der Waals surface area (Å²) < 4.78 is 1.60. The summed E-state index contributed by atoms with van der Waals surface area (Å²) >= 11 is 0. The Morgan fingerprint density at radius 1 is 1.15 bits per heavy atom. The summed E-state index contributed by atoms with van der Waals surface area (Å²) in [5, 5.41) is 10.1. The molecule has 1 aliphatic heterocycles. The van der Waals surface area contributed by atoms with E-state index in [9.17, 15) is 9.59 Å². The number of hydrogen-bond acceptors (Lipinski definition) is 3. The molecule has 6 heteroatoms. The van der Waals surface area contributed by atoms with E-state index in [2.05, 4.69) is 15.7 Å². The highest BCUT2D eigenvalue weighted by molar-refractivity contribution is 6.04. The minimum absolute atomic E-state index is 0.0308. The summed E-state index contributed by atoms with van der Waals surface area (Å²) in [6.45, 7) is 1.93. The predicted molar refractivity (Wildman–Crippen MR) is 99.8 cm³/mol. The zero-order valence-corrected chi connectivity index (χ0v) is 14.3. The first-order valence-corrected chi connectivity index (χ1v) is 8.43. The van der Waals surface area contributed by atoms with Crippen molar-refractivity contribution in [2.24, 2.45) is 0 Å². The van der Waals surface area contributed by atoms with E-state index >= 15 is 0 Å². The van der Waals surface area contributed by atoms with Gasteiger partial charge in [0.15, 0.2) is 0 Å². The highest BCUT2D eigenvalue weighted by Crippen LogP contribution is 2.35. The van der Waals surface area contributed by atoms with Gasteiger partial charge in [0, 0.05) is 11.3 Å². The number of fused-ring (bicyclic) bond motifs is 1. The van der Waals surface area contributed by atoms with E-state index in [0.29, 0.717) is 5.82 Å². The molecular formula is C20H18N4O2. The van der Waals surface area contributed by atoms with Crippen LogP contribution in [0.5, 0.6) is 0 Å². The van der Waals surface area contributed by atoms with E-state index in [1.54, 1.807) is 10.9 Å². The second-order valence-electron chi connectivity index (χ2n) is 6.29. The normalized spacial score (nSPS) is 15.4. The standard InChI is InChI=1S/C20H18N4O2/c1-13-7-5-6-10-16(13)22-18(25)11-17-20(26)23-19-15(12-21-24(17)19)14-8-3-2-4-9-14/h2-10,12,17H,11H2,1H3,(H,22,25)(H,23,26)/t17-/m0/s1. The summed E-state index contributed by atoms with van der Waals surface area (Å²) in [5.41, 5.74) is 3.55. The van der Waals surface area contributed by atoms with Crippen LogP contribution >= 0.6 is 0 Å². The smallest absolute Gasteiger partial charge is 0.251 e. The van der Waals surface area contributed by atoms with Crippen molar-refractivity contribution in [1.29, 1.82) is 0 Å². The first-order valence-electron chi connectivity index (χ1n) is 8.43. The molecule has 0 spiro atoms. The lowest BCUT2D eigenvalue weighted by Gasteiger charge is -2.11. The van der Waals surface area contributed by atoms with Crippen molar-refractivity contribution in [3.05, 3.63) is 66.4 Å². The Balaban J connectivity index is 1.55. The monoisotopic (exact) mass is 346 g/mol. The Labute approximate surface area is 150 Å². The maximum atomic E-state index is 12.4. The molecule has 0 unspecified atom stereocenters. The molecule has 1 atom stereocenters. The predicted octanol–water partition coefficient (Wildman–Crippen LogP) is 3.38. The molecule has 2 aromatic carbocycles. The number of amides is 2. The molecular weight excluding hydrogens is 328 g/mol. The van der Waals surface area contributed by atoms with Crippen molar-refractivity contribution in [3.63, 3.8) is 0 Å². The van der Waals surface area contributed by atoms with Gasteiger partial charge in [0.2, 0.25) is 5.91 Å². The topological polar surface area (TPSA) is 76.0 Å². The van der Waals surface area contributed by atoms with Crippen LogP contribution in [0.3, 0.4) is 0 Å². The fourth-order valence-corrected chi connectivity index (χ4v) is 3.13. The Kier molecular flexibility index (Phi) is 4.01. The van der Waals surface area contributed by atoms with Crippen molar-refractivity contribution < 1.29 is 9.59 Å². The maximum Gasteiger partial charge on any atom is 0.251 e. The molecule has 0 saturated carbocycles. The molecule has 130 valence electrons. The number of aromatic nitrogens is 2. The number of aryl methyl sites for hydroxylation is 1. The van der Waals surface area contributed by atoms with Gasteiger partial charge in [0.25, 0.3) is 5.91 Å². The van der Waals surface area contributed by atoms with Gasteiger partial charge in [-0.25, -0.2) is 4.68 Å². The average Bonchev–Trinajstić information content (AvgIpc) is 3.18. The Morgan fingerprint density at radius 3 is 2.65 bits per heavy atom. The van der Waals surface area contributed by atoms with E-state index in [4.69, 9.17) is 0 Å². The highest BCUT2D eigenvalue weighted by Gasteiger charge is 2.35. The van der Waals surface area contributed by atoms with E-state index < -0.39 is 6.04 Å². The van der Waals surface area contributed by atoms with Gasteiger partial charge in [0.1, 0.15) is 11.9 Å². The van der Waals surface area contributed by atoms with Crippen LogP contribution in [0.1, 0.15) is 18.0 Å². The molecule has 1 aliphatic rings. The lowest BCUT2D eigenvalue weighted by molar-refractivity contribution is -0.123. The SMILES string of the molecule is Cc1ccccc1NC(=O)C[C@H]1C(=O)Nc2c(-c3ccccc3)cnn21. The number of nitrogens with zero attached hydrogens (tertiary/aromatic N) is 2. The molecule has 26 heavy (non-hydrogen) atoms. The largest absolute Gasteiger partial charge is 0.326 e. The number of para-hydroxylation sites is 1. The molecule has 0 fully saturated rings. The lowest BCUT2D eigenvalue weighted by Crippen LogP contribution is -2.23. The summed E-state index contributed by atoms with van der Waals surface area (Å²) in [5.74, 6) is 0.198. The van der Waals surface area contributed by atoms with Crippen LogP contribution in [-0.4, -0.2) is 21.6 Å². The van der Waals surface area contributed by atoms with Gasteiger partial charge < -0.3 is 10.6 Å². The molecule has 0 aliphatic carbocycles. The van der Waals surface area contributed by atoms with E-state index in [1.165, 1.54) is 0 Å². The van der Waals surface area contributed by atoms with Crippen molar-refractivity contribution >= 4 is 23.3 Å². The van der Waals surface area contributed by atoms with Crippen LogP contribution in [-0.2, 0) is 9.59 Å². The van der Waals surface area contributed by atoms with Crippen LogP contribution in [0.2, 0.25) is 0 Å². The first-order chi connectivity index (χ1) is 12.6. The summed E-state index contributed by atoms with van der Waals surface area (Å²) in [6, 6.07) is 16.6. The fourth-order valence-electron chi connectivity index (χ4n) is 3.13. The van der Waals surface area contributed by atoms with Gasteiger partial charge in [-0.05, 0) is 24.1 Å². The molecule has 6 nitrogen and oxygen atoms in total. The van der Waals surface area contributed by atoms with Gasteiger partial charge in [-0.3, -0.25) is 9.59 Å². The third-order valence-electron chi connectivity index (χ3n) is 4.52. The lowest BCUT2D eigenvalue weighted by atomic mass is 10.1. The quantitative estimate of drug-likeness (QED) is 0.760. The molecule has 4 rings (SSSR count). The number of benzene rings is 2. The third kappa shape index (κ3) is 2.86. The molecule has 0 radical (unpaired) electrons. The molecule has 2 N–H and O–H groups in total. The van der Waals surface area contributed by atoms with E-state index in [-0.39, 0.29) is 18.2 Å². The van der Waals surface area contributed by atoms with Crippen LogP contribution in [0.25, 0.3) is 11.1 Å². The maximum absolute atomic E-state index is 12.4. The van der Waals surface area contributed by atoms with Gasteiger partial charge in [0.05, 0.1) is 12.6 Å². The van der Waals surface area contributed by atoms with Crippen LogP contribution < -0.4 is 10.6 Å². The minimum atomic E-state index is -0.647. The Morgan fingerprint density at radius 2 is 1.88 bits per heavy atom. The van der Waals surface area contributed by atoms with Crippen LogP contribution in [0.4, 0.5) is 11.5 Å². The number of carbonyl (C=O) groups excluding carboxylic acids is 2. The van der Waals surface area contributed by atoms with Crippen LogP contribution in [0.15, 0.2) is 60.8 Å². The molecule has 1 aromatic heterocycles. The van der Waals surface area contributed by atoms with Crippen molar-refractivity contribution in [2.45, 2.75) is 19.4 Å². The summed E-state index contributed by atoms with van der Waals surface area (Å²) in [7, 11) is 0. The minimum Gasteiger partial charge on any atom is -0.326 e. The average molecular weight is 346 g/mol. The second-order valence-corrected chi connectivity index (χ2v) is 6.29. The summed E-state index contributed by atoms with van der Waals surface area (Å²) in [6.07, 6.45) is 1.75. The number of nitrogens with one attached hydrogen (secondary N) is 2. The number of carbonyl (C=O) groups is 2. The zero-order valence-electron chi connectivity index (χ0n) is 14.3. The summed E-state index contributed by atoms with van der Waals surface area (Å²) in [4.78, 5) is 24.8. The zero-order chi connectivity index (χ0) is 18.1. The van der Waals surface area contributed by atoms with Gasteiger partial charge in [-0.1, -0.05) is 48.5 Å². The van der Waals surface area contributed by atoms with Crippen molar-refractivity contribution in [3.8, 4) is 11.1 Å². The molecule has 0 bridgehead atoms. The number of hydrogen-bond donors (Lipinski definition) is 2. The van der Waals surface area contributed by atoms with Crippen LogP contribution in [0, 0.1) is 6.92 Å². The fraction of sp³-hybridized carbons (Fsp3) is 0.150. The number of anilines is 2. The molecule has 3 aromatic rings. The Bertz CT molecular complexity index is 978. The Hall–Kier alpha value is -3.41. The highest BCUT2D eigenvalue weighted by atomic mass is 16.2. The van der Waals surface area contributed by atoms with Gasteiger partial charge in [-0.15, -0.1) is 0 Å². The van der Waals surface area contributed by atoms with Gasteiger partial charge in [-0.2, -0.15) is 5.10 Å². The van der Waals surface area contributed by atoms with E-state index in [0.717, 1.165) is 22.4 Å². The molecule has 0 saturated heterocycles. The van der Waals surface area contributed by atoms with Gasteiger partial charge >= 0.3 is 0 Å². The van der Waals surface area contributed by atoms with Crippen molar-refractivity contribution in [2.75, 3.05) is 10.6 Å². The second kappa shape index (κ2) is 6.48. The van der Waals surface area contributed by atoms with E-state index in [1.807, 2.05) is 61.5 Å².